The molecule has 3 atom stereocenters. The van der Waals surface area contributed by atoms with E-state index in [4.69, 9.17) is 4.99 Å². The number of thiophene rings is 1. The Morgan fingerprint density at radius 3 is 2.71 bits per heavy atom. The van der Waals surface area contributed by atoms with Gasteiger partial charge < -0.3 is 4.90 Å². The number of hydrogen-bond acceptors (Lipinski definition) is 6. The van der Waals surface area contributed by atoms with E-state index >= 15 is 0 Å². The van der Waals surface area contributed by atoms with Crippen LogP contribution in [-0.4, -0.2) is 45.1 Å². The Morgan fingerprint density at radius 1 is 1.25 bits per heavy atom. The van der Waals surface area contributed by atoms with Crippen LogP contribution in [0.1, 0.15) is 31.6 Å². The number of anilines is 1. The van der Waals surface area contributed by atoms with Gasteiger partial charge in [0.2, 0.25) is 0 Å². The molecule has 0 N–H and O–H groups in total. The van der Waals surface area contributed by atoms with E-state index in [2.05, 4.69) is 28.7 Å². The first kappa shape index (κ1) is 18.7. The summed E-state index contributed by atoms with van der Waals surface area (Å²) < 4.78 is 38.6. The molecule has 2 fully saturated rings. The molecule has 9 heteroatoms. The summed E-state index contributed by atoms with van der Waals surface area (Å²) >= 11 is 3.03. The highest BCUT2D eigenvalue weighted by Gasteiger charge is 2.49. The molecule has 4 heterocycles. The SMILES string of the molecule is CC1(C)CN=C(C2C[C@@H]3C[C@H]2CN3c2ncnc3sc(CC(F)(F)F)cc23)S1. The summed E-state index contributed by atoms with van der Waals surface area (Å²) in [5.41, 5.74) is 0. The van der Waals surface area contributed by atoms with Gasteiger partial charge in [-0.1, -0.05) is 0 Å². The van der Waals surface area contributed by atoms with Crippen molar-refractivity contribution in [2.45, 2.75) is 50.1 Å². The molecule has 150 valence electrons. The molecule has 2 aromatic heterocycles. The third-order valence-corrected chi connectivity index (χ3v) is 8.23. The highest BCUT2D eigenvalue weighted by atomic mass is 32.2. The number of piperidine rings is 1. The molecule has 1 aliphatic carbocycles. The fourth-order valence-electron chi connectivity index (χ4n) is 4.73. The first-order valence-electron chi connectivity index (χ1n) is 9.49. The van der Waals surface area contributed by atoms with Crippen LogP contribution in [0.3, 0.4) is 0 Å². The lowest BCUT2D eigenvalue weighted by Crippen LogP contribution is -2.38. The Hall–Kier alpha value is -1.35. The van der Waals surface area contributed by atoms with Gasteiger partial charge in [0, 0.05) is 28.1 Å². The molecule has 2 aromatic rings. The maximum atomic E-state index is 12.8. The topological polar surface area (TPSA) is 41.4 Å². The second kappa shape index (κ2) is 6.32. The molecule has 1 saturated heterocycles. The van der Waals surface area contributed by atoms with Gasteiger partial charge in [-0.25, -0.2) is 9.97 Å². The van der Waals surface area contributed by atoms with Crippen molar-refractivity contribution < 1.29 is 13.2 Å². The van der Waals surface area contributed by atoms with E-state index in [1.54, 1.807) is 6.07 Å². The molecule has 0 radical (unpaired) electrons. The van der Waals surface area contributed by atoms with Gasteiger partial charge in [0.1, 0.15) is 17.0 Å². The Morgan fingerprint density at radius 2 is 2.07 bits per heavy atom. The normalized spacial score (nSPS) is 29.1. The summed E-state index contributed by atoms with van der Waals surface area (Å²) in [6.45, 7) is 6.25. The smallest absolute Gasteiger partial charge is 0.353 e. The van der Waals surface area contributed by atoms with Crippen molar-refractivity contribution in [3.63, 3.8) is 0 Å². The fraction of sp³-hybridized carbons (Fsp3) is 0.632. The predicted molar refractivity (Wildman–Crippen MR) is 108 cm³/mol. The highest BCUT2D eigenvalue weighted by Crippen LogP contribution is 2.49. The van der Waals surface area contributed by atoms with E-state index in [9.17, 15) is 13.2 Å². The molecular formula is C19H21F3N4S2. The lowest BCUT2D eigenvalue weighted by Gasteiger charge is -2.33. The van der Waals surface area contributed by atoms with Crippen LogP contribution in [0.2, 0.25) is 0 Å². The summed E-state index contributed by atoms with van der Waals surface area (Å²) in [4.78, 5) is 16.7. The van der Waals surface area contributed by atoms with E-state index < -0.39 is 12.6 Å². The molecule has 0 spiro atoms. The van der Waals surface area contributed by atoms with Crippen molar-refractivity contribution in [1.29, 1.82) is 0 Å². The highest BCUT2D eigenvalue weighted by molar-refractivity contribution is 8.15. The van der Waals surface area contributed by atoms with E-state index in [0.29, 0.717) is 27.6 Å². The van der Waals surface area contributed by atoms with Gasteiger partial charge in [0.05, 0.1) is 23.4 Å². The van der Waals surface area contributed by atoms with Crippen LogP contribution in [-0.2, 0) is 6.42 Å². The summed E-state index contributed by atoms with van der Waals surface area (Å²) in [7, 11) is 0. The number of aromatic nitrogens is 2. The number of alkyl halides is 3. The van der Waals surface area contributed by atoms with E-state index in [1.807, 2.05) is 11.8 Å². The first-order valence-corrected chi connectivity index (χ1v) is 11.1. The number of fused-ring (bicyclic) bond motifs is 3. The Balaban J connectivity index is 1.38. The van der Waals surface area contributed by atoms with Crippen molar-refractivity contribution in [3.8, 4) is 0 Å². The van der Waals surface area contributed by atoms with E-state index in [0.717, 1.165) is 48.5 Å². The molecule has 4 nitrogen and oxygen atoms in total. The van der Waals surface area contributed by atoms with E-state index in [-0.39, 0.29) is 4.75 Å². The minimum absolute atomic E-state index is 0.196. The molecule has 0 aromatic carbocycles. The van der Waals surface area contributed by atoms with Gasteiger partial charge in [-0.15, -0.1) is 23.1 Å². The second-order valence-corrected chi connectivity index (χ2v) is 11.4. The Labute approximate surface area is 169 Å². The molecule has 5 rings (SSSR count). The van der Waals surface area contributed by atoms with Gasteiger partial charge in [0.25, 0.3) is 0 Å². The number of rotatable bonds is 3. The summed E-state index contributed by atoms with van der Waals surface area (Å²) in [5.74, 6) is 1.86. The largest absolute Gasteiger partial charge is 0.393 e. The minimum Gasteiger partial charge on any atom is -0.353 e. The van der Waals surface area contributed by atoms with Crippen LogP contribution in [0.25, 0.3) is 10.2 Å². The lowest BCUT2D eigenvalue weighted by atomic mass is 9.95. The molecule has 3 aliphatic rings. The van der Waals surface area contributed by atoms with Crippen molar-refractivity contribution in [3.05, 3.63) is 17.3 Å². The molecule has 2 bridgehead atoms. The summed E-state index contributed by atoms with van der Waals surface area (Å²) in [6, 6.07) is 2.01. The second-order valence-electron chi connectivity index (χ2n) is 8.58. The zero-order valence-corrected chi connectivity index (χ0v) is 17.3. The van der Waals surface area contributed by atoms with Crippen LogP contribution in [0, 0.1) is 11.8 Å². The van der Waals surface area contributed by atoms with Crippen LogP contribution < -0.4 is 4.90 Å². The average molecular weight is 427 g/mol. The van der Waals surface area contributed by atoms with Gasteiger partial charge in [0.15, 0.2) is 0 Å². The average Bonchev–Trinajstić information content (AvgIpc) is 3.33. The lowest BCUT2D eigenvalue weighted by molar-refractivity contribution is -0.126. The van der Waals surface area contributed by atoms with Crippen molar-refractivity contribution in [2.75, 3.05) is 18.0 Å². The number of halogens is 3. The Kier molecular flexibility index (Phi) is 4.21. The van der Waals surface area contributed by atoms with Gasteiger partial charge in [-0.05, 0) is 38.7 Å². The monoisotopic (exact) mass is 426 g/mol. The number of hydrogen-bond donors (Lipinski definition) is 0. The zero-order valence-electron chi connectivity index (χ0n) is 15.7. The maximum absolute atomic E-state index is 12.8. The third-order valence-electron chi connectivity index (χ3n) is 5.86. The molecule has 28 heavy (non-hydrogen) atoms. The van der Waals surface area contributed by atoms with Crippen LogP contribution in [0.4, 0.5) is 19.0 Å². The number of nitrogens with zero attached hydrogens (tertiary/aromatic N) is 4. The third kappa shape index (κ3) is 3.30. The minimum atomic E-state index is -4.21. The molecular weight excluding hydrogens is 405 g/mol. The summed E-state index contributed by atoms with van der Waals surface area (Å²) in [6.07, 6.45) is -1.47. The van der Waals surface area contributed by atoms with Crippen molar-refractivity contribution in [1.82, 2.24) is 9.97 Å². The van der Waals surface area contributed by atoms with Crippen LogP contribution >= 0.6 is 23.1 Å². The van der Waals surface area contributed by atoms with E-state index in [1.165, 1.54) is 11.4 Å². The standard InChI is InChI=1S/C19H21F3N4S2/c1-18(2)8-23-17(28-18)13-4-11-3-10(13)7-26(11)15-14-5-12(6-19(20,21)22)27-16(14)25-9-24-15/h5,9-11,13H,3-4,6-8H2,1-2H3/t10-,11-,13?/m0/s1. The van der Waals surface area contributed by atoms with Gasteiger partial charge in [-0.2, -0.15) is 13.2 Å². The predicted octanol–water partition coefficient (Wildman–Crippen LogP) is 4.93. The molecule has 1 unspecified atom stereocenters. The van der Waals surface area contributed by atoms with Gasteiger partial charge >= 0.3 is 6.18 Å². The number of thioether (sulfide) groups is 1. The Bertz CT molecular complexity index is 952. The van der Waals surface area contributed by atoms with Crippen molar-refractivity contribution in [2.24, 2.45) is 16.8 Å². The molecule has 2 aliphatic heterocycles. The fourth-order valence-corrected chi connectivity index (χ4v) is 7.02. The maximum Gasteiger partial charge on any atom is 0.393 e. The van der Waals surface area contributed by atoms with Crippen LogP contribution in [0.15, 0.2) is 17.4 Å². The quantitative estimate of drug-likeness (QED) is 0.698. The first-order chi connectivity index (χ1) is 13.2. The molecule has 0 amide bonds. The number of aliphatic imine (C=N–C) groups is 1. The molecule has 1 saturated carbocycles. The summed E-state index contributed by atoms with van der Waals surface area (Å²) in [5, 5.41) is 2.05. The van der Waals surface area contributed by atoms with Crippen LogP contribution in [0.5, 0.6) is 0 Å². The zero-order chi connectivity index (χ0) is 19.7. The van der Waals surface area contributed by atoms with Crippen molar-refractivity contribution >= 4 is 44.2 Å². The van der Waals surface area contributed by atoms with Gasteiger partial charge in [-0.3, -0.25) is 4.99 Å².